The first-order valence-electron chi connectivity index (χ1n) is 6.44. The predicted molar refractivity (Wildman–Crippen MR) is 74.1 cm³/mol. The van der Waals surface area contributed by atoms with Crippen molar-refractivity contribution < 1.29 is 14.7 Å². The fourth-order valence-electron chi connectivity index (χ4n) is 2.28. The van der Waals surface area contributed by atoms with Crippen LogP contribution in [0.1, 0.15) is 36.0 Å². The third kappa shape index (κ3) is 3.59. The van der Waals surface area contributed by atoms with Gasteiger partial charge in [0.1, 0.15) is 6.54 Å². The molecule has 0 aromatic carbocycles. The van der Waals surface area contributed by atoms with Crippen molar-refractivity contribution in [2.75, 3.05) is 13.1 Å². The summed E-state index contributed by atoms with van der Waals surface area (Å²) >= 11 is 3.28. The first-order valence-corrected chi connectivity index (χ1v) is 7.24. The number of carboxylic acid groups (broad SMARTS) is 1. The van der Waals surface area contributed by atoms with Gasteiger partial charge in [0.15, 0.2) is 0 Å². The van der Waals surface area contributed by atoms with Gasteiger partial charge in [-0.3, -0.25) is 4.79 Å². The van der Waals surface area contributed by atoms with E-state index in [0.29, 0.717) is 4.60 Å². The van der Waals surface area contributed by atoms with Gasteiger partial charge >= 0.3 is 5.97 Å². The molecule has 1 aliphatic rings. The van der Waals surface area contributed by atoms with Crippen LogP contribution in [-0.4, -0.2) is 39.5 Å². The minimum Gasteiger partial charge on any atom is -0.478 e. The van der Waals surface area contributed by atoms with Crippen molar-refractivity contribution >= 4 is 27.8 Å². The van der Waals surface area contributed by atoms with Crippen LogP contribution < -0.4 is 0 Å². The van der Waals surface area contributed by atoms with Gasteiger partial charge in [-0.1, -0.05) is 12.8 Å². The van der Waals surface area contributed by atoms with Crippen LogP contribution in [0.4, 0.5) is 0 Å². The summed E-state index contributed by atoms with van der Waals surface area (Å²) in [6, 6.07) is 1.51. The summed E-state index contributed by atoms with van der Waals surface area (Å²) in [5, 5.41) is 8.91. The molecule has 1 amide bonds. The topological polar surface area (TPSA) is 62.5 Å². The Morgan fingerprint density at radius 3 is 2.37 bits per heavy atom. The van der Waals surface area contributed by atoms with Gasteiger partial charge in [0.25, 0.3) is 0 Å². The maximum atomic E-state index is 12.2. The molecule has 104 valence electrons. The number of hydrogen-bond acceptors (Lipinski definition) is 2. The number of hydrogen-bond donors (Lipinski definition) is 1. The highest BCUT2D eigenvalue weighted by molar-refractivity contribution is 9.10. The zero-order valence-electron chi connectivity index (χ0n) is 10.6. The van der Waals surface area contributed by atoms with Gasteiger partial charge in [0.05, 0.1) is 10.2 Å². The maximum Gasteiger partial charge on any atom is 0.337 e. The second kappa shape index (κ2) is 6.23. The standard InChI is InChI=1S/C13H17BrN2O3/c14-11-7-10(13(18)19)8-16(11)9-12(17)15-5-3-1-2-4-6-15/h7-8H,1-6,9H2,(H,18,19). The Hall–Kier alpha value is -1.30. The number of carbonyl (C=O) groups excluding carboxylic acids is 1. The van der Waals surface area contributed by atoms with Crippen molar-refractivity contribution in [3.63, 3.8) is 0 Å². The van der Waals surface area contributed by atoms with E-state index < -0.39 is 5.97 Å². The molecule has 5 nitrogen and oxygen atoms in total. The summed E-state index contributed by atoms with van der Waals surface area (Å²) < 4.78 is 2.25. The fourth-order valence-corrected chi connectivity index (χ4v) is 2.76. The highest BCUT2D eigenvalue weighted by atomic mass is 79.9. The molecule has 0 atom stereocenters. The zero-order chi connectivity index (χ0) is 13.8. The predicted octanol–water partition coefficient (Wildman–Crippen LogP) is 2.35. The molecule has 1 N–H and O–H groups in total. The van der Waals surface area contributed by atoms with Crippen molar-refractivity contribution in [3.8, 4) is 0 Å². The van der Waals surface area contributed by atoms with Gasteiger partial charge in [0.2, 0.25) is 5.91 Å². The number of rotatable bonds is 3. The summed E-state index contributed by atoms with van der Waals surface area (Å²) in [5.74, 6) is -0.934. The van der Waals surface area contributed by atoms with E-state index in [1.807, 2.05) is 4.90 Å². The molecule has 1 aromatic heterocycles. The summed E-state index contributed by atoms with van der Waals surface area (Å²) in [4.78, 5) is 24.9. The van der Waals surface area contributed by atoms with E-state index in [9.17, 15) is 9.59 Å². The van der Waals surface area contributed by atoms with Gasteiger partial charge in [-0.25, -0.2) is 4.79 Å². The molecule has 0 spiro atoms. The lowest BCUT2D eigenvalue weighted by atomic mass is 10.2. The number of carboxylic acids is 1. The average Bonchev–Trinajstić information content (AvgIpc) is 2.60. The van der Waals surface area contributed by atoms with E-state index >= 15 is 0 Å². The number of halogens is 1. The van der Waals surface area contributed by atoms with Crippen molar-refractivity contribution in [2.24, 2.45) is 0 Å². The molecule has 2 rings (SSSR count). The van der Waals surface area contributed by atoms with E-state index in [2.05, 4.69) is 15.9 Å². The molecular formula is C13H17BrN2O3. The first-order chi connectivity index (χ1) is 9.08. The molecule has 1 saturated heterocycles. The fraction of sp³-hybridized carbons (Fsp3) is 0.538. The van der Waals surface area contributed by atoms with Crippen LogP contribution in [0.15, 0.2) is 16.9 Å². The zero-order valence-corrected chi connectivity index (χ0v) is 12.2. The van der Waals surface area contributed by atoms with E-state index in [0.717, 1.165) is 25.9 Å². The molecule has 0 unspecified atom stereocenters. The van der Waals surface area contributed by atoms with Crippen molar-refractivity contribution in [3.05, 3.63) is 22.4 Å². The smallest absolute Gasteiger partial charge is 0.337 e. The number of carbonyl (C=O) groups is 2. The quantitative estimate of drug-likeness (QED) is 0.926. The van der Waals surface area contributed by atoms with Crippen LogP contribution in [0, 0.1) is 0 Å². The van der Waals surface area contributed by atoms with Crippen LogP contribution in [0.3, 0.4) is 0 Å². The molecule has 0 aliphatic carbocycles. The Morgan fingerprint density at radius 2 is 1.84 bits per heavy atom. The second-order valence-corrected chi connectivity index (χ2v) is 5.59. The van der Waals surface area contributed by atoms with Crippen LogP contribution in [0.2, 0.25) is 0 Å². The highest BCUT2D eigenvalue weighted by Gasteiger charge is 2.17. The van der Waals surface area contributed by atoms with Gasteiger partial charge in [-0.2, -0.15) is 0 Å². The summed E-state index contributed by atoms with van der Waals surface area (Å²) in [6.45, 7) is 1.81. The Balaban J connectivity index is 2.03. The Labute approximate surface area is 120 Å². The maximum absolute atomic E-state index is 12.2. The molecule has 1 aromatic rings. The van der Waals surface area contributed by atoms with Crippen LogP contribution >= 0.6 is 15.9 Å². The average molecular weight is 329 g/mol. The lowest BCUT2D eigenvalue weighted by molar-refractivity contribution is -0.131. The van der Waals surface area contributed by atoms with Gasteiger partial charge in [-0.05, 0) is 34.8 Å². The Kier molecular flexibility index (Phi) is 4.63. The molecule has 2 heterocycles. The van der Waals surface area contributed by atoms with Crippen LogP contribution in [0.5, 0.6) is 0 Å². The largest absolute Gasteiger partial charge is 0.478 e. The number of aromatic carboxylic acids is 1. The normalized spacial score (nSPS) is 16.2. The number of likely N-dealkylation sites (tertiary alicyclic amines) is 1. The molecule has 19 heavy (non-hydrogen) atoms. The van der Waals surface area contributed by atoms with E-state index in [4.69, 9.17) is 5.11 Å². The third-order valence-electron chi connectivity index (χ3n) is 3.36. The SMILES string of the molecule is O=C(O)c1cc(Br)n(CC(=O)N2CCCCCC2)c1. The Bertz CT molecular complexity index is 476. The summed E-state index contributed by atoms with van der Waals surface area (Å²) in [6.07, 6.45) is 5.96. The lowest BCUT2D eigenvalue weighted by Crippen LogP contribution is -2.34. The van der Waals surface area contributed by atoms with Gasteiger partial charge in [-0.15, -0.1) is 0 Å². The number of nitrogens with zero attached hydrogens (tertiary/aromatic N) is 2. The van der Waals surface area contributed by atoms with Crippen LogP contribution in [0.25, 0.3) is 0 Å². The third-order valence-corrected chi connectivity index (χ3v) is 4.04. The molecule has 1 aliphatic heterocycles. The highest BCUT2D eigenvalue weighted by Crippen LogP contribution is 2.17. The molecule has 1 fully saturated rings. The monoisotopic (exact) mass is 328 g/mol. The molecular weight excluding hydrogens is 312 g/mol. The van der Waals surface area contributed by atoms with E-state index in [-0.39, 0.29) is 18.0 Å². The van der Waals surface area contributed by atoms with Crippen LogP contribution in [-0.2, 0) is 11.3 Å². The lowest BCUT2D eigenvalue weighted by Gasteiger charge is -2.20. The minimum absolute atomic E-state index is 0.0511. The first kappa shape index (κ1) is 14.1. The molecule has 6 heteroatoms. The second-order valence-electron chi connectivity index (χ2n) is 4.78. The molecule has 0 bridgehead atoms. The van der Waals surface area contributed by atoms with Gasteiger partial charge in [0, 0.05) is 19.3 Å². The van der Waals surface area contributed by atoms with Crippen molar-refractivity contribution in [1.82, 2.24) is 9.47 Å². The molecule has 0 saturated carbocycles. The van der Waals surface area contributed by atoms with E-state index in [1.165, 1.54) is 25.1 Å². The minimum atomic E-state index is -0.985. The van der Waals surface area contributed by atoms with E-state index in [1.54, 1.807) is 4.57 Å². The van der Waals surface area contributed by atoms with Crippen molar-refractivity contribution in [2.45, 2.75) is 32.2 Å². The molecule has 0 radical (unpaired) electrons. The van der Waals surface area contributed by atoms with Crippen molar-refractivity contribution in [1.29, 1.82) is 0 Å². The summed E-state index contributed by atoms with van der Waals surface area (Å²) in [5.41, 5.74) is 0.190. The summed E-state index contributed by atoms with van der Waals surface area (Å²) in [7, 11) is 0. The number of amides is 1. The van der Waals surface area contributed by atoms with Gasteiger partial charge < -0.3 is 14.6 Å². The Morgan fingerprint density at radius 1 is 1.21 bits per heavy atom. The number of aromatic nitrogens is 1.